The van der Waals surface area contributed by atoms with Gasteiger partial charge < -0.3 is 14.4 Å². The fourth-order valence-electron chi connectivity index (χ4n) is 2.87. The average Bonchev–Trinajstić information content (AvgIpc) is 2.66. The predicted molar refractivity (Wildman–Crippen MR) is 93.3 cm³/mol. The second-order valence-corrected chi connectivity index (χ2v) is 6.24. The summed E-state index contributed by atoms with van der Waals surface area (Å²) in [5.41, 5.74) is 1.90. The first-order chi connectivity index (χ1) is 12.6. The van der Waals surface area contributed by atoms with Crippen molar-refractivity contribution in [1.29, 1.82) is 0 Å². The molecule has 0 radical (unpaired) electrons. The van der Waals surface area contributed by atoms with Crippen molar-refractivity contribution in [2.24, 2.45) is 0 Å². The summed E-state index contributed by atoms with van der Waals surface area (Å²) in [6.07, 6.45) is 3.05. The average molecular weight is 359 g/mol. The molecule has 138 valence electrons. The Labute approximate surface area is 152 Å². The number of para-hydroxylation sites is 1. The lowest BCUT2D eigenvalue weighted by atomic mass is 10.1. The largest absolute Gasteiger partial charge is 0.481 e. The second-order valence-electron chi connectivity index (χ2n) is 6.24. The van der Waals surface area contributed by atoms with Crippen LogP contribution >= 0.6 is 0 Å². The highest BCUT2D eigenvalue weighted by molar-refractivity contribution is 5.77. The van der Waals surface area contributed by atoms with Gasteiger partial charge in [-0.2, -0.15) is 0 Å². The van der Waals surface area contributed by atoms with E-state index in [1.54, 1.807) is 23.4 Å². The molecule has 0 bridgehead atoms. The molecule has 1 fully saturated rings. The standard InChI is InChI=1S/C19H22FN3O3/c1-14-10-15(22-13-21-14)6-7-16-11-23(8-9-25-16)19(24)12-26-18-5-3-2-4-17(18)20/h2-5,10,13,16H,6-9,11-12H2,1H3/t16-/m1/s1. The zero-order chi connectivity index (χ0) is 18.4. The second kappa shape index (κ2) is 8.71. The van der Waals surface area contributed by atoms with Crippen LogP contribution in [0.25, 0.3) is 0 Å². The van der Waals surface area contributed by atoms with E-state index in [4.69, 9.17) is 9.47 Å². The fourth-order valence-corrected chi connectivity index (χ4v) is 2.87. The van der Waals surface area contributed by atoms with Crippen LogP contribution in [0.4, 0.5) is 4.39 Å². The number of hydrogen-bond acceptors (Lipinski definition) is 5. The Kier molecular flexibility index (Phi) is 6.12. The van der Waals surface area contributed by atoms with E-state index in [0.717, 1.165) is 24.2 Å². The number of ether oxygens (including phenoxy) is 2. The van der Waals surface area contributed by atoms with Crippen LogP contribution in [0.5, 0.6) is 5.75 Å². The Bertz CT molecular complexity index is 756. The first kappa shape index (κ1) is 18.3. The number of hydrogen-bond donors (Lipinski definition) is 0. The van der Waals surface area contributed by atoms with Crippen molar-refractivity contribution in [3.63, 3.8) is 0 Å². The maximum atomic E-state index is 13.6. The van der Waals surface area contributed by atoms with Crippen molar-refractivity contribution in [1.82, 2.24) is 14.9 Å². The third-order valence-corrected chi connectivity index (χ3v) is 4.26. The van der Waals surface area contributed by atoms with Crippen LogP contribution in [0.2, 0.25) is 0 Å². The van der Waals surface area contributed by atoms with Crippen molar-refractivity contribution < 1.29 is 18.7 Å². The quantitative estimate of drug-likeness (QED) is 0.791. The Morgan fingerprint density at radius 3 is 3.04 bits per heavy atom. The Hall–Kier alpha value is -2.54. The minimum atomic E-state index is -0.472. The molecule has 1 atom stereocenters. The van der Waals surface area contributed by atoms with Crippen LogP contribution in [0.1, 0.15) is 17.8 Å². The highest BCUT2D eigenvalue weighted by Gasteiger charge is 2.24. The number of amides is 1. The summed E-state index contributed by atoms with van der Waals surface area (Å²) >= 11 is 0. The number of morpholine rings is 1. The summed E-state index contributed by atoms with van der Waals surface area (Å²) in [4.78, 5) is 22.4. The molecule has 1 aliphatic heterocycles. The monoisotopic (exact) mass is 359 g/mol. The molecule has 0 unspecified atom stereocenters. The highest BCUT2D eigenvalue weighted by atomic mass is 19.1. The third kappa shape index (κ3) is 4.98. The predicted octanol–water partition coefficient (Wildman–Crippen LogP) is 2.16. The summed E-state index contributed by atoms with van der Waals surface area (Å²) in [6.45, 7) is 3.25. The first-order valence-corrected chi connectivity index (χ1v) is 8.66. The van der Waals surface area contributed by atoms with Gasteiger partial charge >= 0.3 is 0 Å². The Balaban J connectivity index is 1.48. The van der Waals surface area contributed by atoms with Gasteiger partial charge in [0.15, 0.2) is 18.2 Å². The maximum Gasteiger partial charge on any atom is 0.260 e. The lowest BCUT2D eigenvalue weighted by molar-refractivity contribution is -0.141. The van der Waals surface area contributed by atoms with Crippen molar-refractivity contribution >= 4 is 5.91 Å². The first-order valence-electron chi connectivity index (χ1n) is 8.66. The molecule has 0 saturated carbocycles. The van der Waals surface area contributed by atoms with Gasteiger partial charge in [0.1, 0.15) is 6.33 Å². The van der Waals surface area contributed by atoms with Gasteiger partial charge in [0.05, 0.1) is 12.7 Å². The SMILES string of the molecule is Cc1cc(CC[C@@H]2CN(C(=O)COc3ccccc3F)CCO2)ncn1. The van der Waals surface area contributed by atoms with Gasteiger partial charge in [-0.05, 0) is 38.0 Å². The molecule has 26 heavy (non-hydrogen) atoms. The number of rotatable bonds is 6. The minimum absolute atomic E-state index is 0.0450. The minimum Gasteiger partial charge on any atom is -0.481 e. The molecular weight excluding hydrogens is 337 g/mol. The lowest BCUT2D eigenvalue weighted by Gasteiger charge is -2.33. The van der Waals surface area contributed by atoms with Gasteiger partial charge in [-0.25, -0.2) is 14.4 Å². The summed E-state index contributed by atoms with van der Waals surface area (Å²) in [7, 11) is 0. The molecule has 7 heteroatoms. The van der Waals surface area contributed by atoms with E-state index >= 15 is 0 Å². The number of aryl methyl sites for hydroxylation is 2. The summed E-state index contributed by atoms with van der Waals surface area (Å²) < 4.78 is 24.6. The van der Waals surface area contributed by atoms with Crippen LogP contribution < -0.4 is 4.74 Å². The smallest absolute Gasteiger partial charge is 0.260 e. The van der Waals surface area contributed by atoms with Gasteiger partial charge in [-0.1, -0.05) is 12.1 Å². The van der Waals surface area contributed by atoms with Crippen LogP contribution in [0, 0.1) is 12.7 Å². The molecule has 1 aliphatic rings. The molecule has 1 aromatic carbocycles. The summed E-state index contributed by atoms with van der Waals surface area (Å²) in [5, 5.41) is 0. The van der Waals surface area contributed by atoms with Crippen LogP contribution in [0.15, 0.2) is 36.7 Å². The van der Waals surface area contributed by atoms with E-state index in [2.05, 4.69) is 9.97 Å². The fraction of sp³-hybridized carbons (Fsp3) is 0.421. The van der Waals surface area contributed by atoms with Gasteiger partial charge in [-0.15, -0.1) is 0 Å². The molecule has 0 aliphatic carbocycles. The zero-order valence-electron chi connectivity index (χ0n) is 14.7. The molecule has 1 aromatic heterocycles. The number of benzene rings is 1. The van der Waals surface area contributed by atoms with E-state index in [9.17, 15) is 9.18 Å². The number of carbonyl (C=O) groups excluding carboxylic acids is 1. The van der Waals surface area contributed by atoms with Crippen molar-refractivity contribution in [2.45, 2.75) is 25.9 Å². The molecule has 2 aromatic rings. The summed E-state index contributed by atoms with van der Waals surface area (Å²) in [6, 6.07) is 8.01. The molecule has 0 N–H and O–H groups in total. The number of carbonyl (C=O) groups is 1. The molecule has 2 heterocycles. The summed E-state index contributed by atoms with van der Waals surface area (Å²) in [5.74, 6) is -0.551. The van der Waals surface area contributed by atoms with Gasteiger partial charge in [0, 0.05) is 24.5 Å². The normalized spacial score (nSPS) is 17.2. The lowest BCUT2D eigenvalue weighted by Crippen LogP contribution is -2.47. The molecule has 0 spiro atoms. The van der Waals surface area contributed by atoms with E-state index in [1.165, 1.54) is 12.1 Å². The van der Waals surface area contributed by atoms with E-state index in [-0.39, 0.29) is 24.4 Å². The highest BCUT2D eigenvalue weighted by Crippen LogP contribution is 2.16. The number of nitrogens with zero attached hydrogens (tertiary/aromatic N) is 3. The molecule has 3 rings (SSSR count). The van der Waals surface area contributed by atoms with Crippen LogP contribution in [-0.2, 0) is 16.0 Å². The third-order valence-electron chi connectivity index (χ3n) is 4.26. The van der Waals surface area contributed by atoms with Gasteiger partial charge in [0.25, 0.3) is 5.91 Å². The van der Waals surface area contributed by atoms with Crippen LogP contribution in [0.3, 0.4) is 0 Å². The topological polar surface area (TPSA) is 64.6 Å². The van der Waals surface area contributed by atoms with E-state index in [0.29, 0.717) is 19.7 Å². The Morgan fingerprint density at radius 2 is 2.23 bits per heavy atom. The van der Waals surface area contributed by atoms with Gasteiger partial charge in [0.2, 0.25) is 0 Å². The van der Waals surface area contributed by atoms with E-state index in [1.807, 2.05) is 13.0 Å². The van der Waals surface area contributed by atoms with Crippen molar-refractivity contribution in [3.05, 3.63) is 53.9 Å². The van der Waals surface area contributed by atoms with Crippen molar-refractivity contribution in [2.75, 3.05) is 26.3 Å². The van der Waals surface area contributed by atoms with Crippen LogP contribution in [-0.4, -0.2) is 53.2 Å². The molecule has 1 saturated heterocycles. The molecular formula is C19H22FN3O3. The number of aromatic nitrogens is 2. The molecule has 6 nitrogen and oxygen atoms in total. The van der Waals surface area contributed by atoms with Crippen molar-refractivity contribution in [3.8, 4) is 5.75 Å². The number of halogens is 1. The zero-order valence-corrected chi connectivity index (χ0v) is 14.7. The Morgan fingerprint density at radius 1 is 1.38 bits per heavy atom. The molecule has 1 amide bonds. The van der Waals surface area contributed by atoms with Gasteiger partial charge in [-0.3, -0.25) is 4.79 Å². The van der Waals surface area contributed by atoms with E-state index < -0.39 is 5.82 Å². The maximum absolute atomic E-state index is 13.6.